The maximum Gasteiger partial charge on any atom is 0.256 e. The van der Waals surface area contributed by atoms with Crippen LogP contribution in [-0.2, 0) is 0 Å². The minimum absolute atomic E-state index is 0.149. The molecule has 3 aromatic rings. The van der Waals surface area contributed by atoms with Gasteiger partial charge in [0.25, 0.3) is 5.91 Å². The van der Waals surface area contributed by atoms with E-state index in [1.807, 2.05) is 48.5 Å². The van der Waals surface area contributed by atoms with Gasteiger partial charge in [0.05, 0.1) is 16.9 Å². The zero-order valence-corrected chi connectivity index (χ0v) is 15.2. The zero-order valence-electron chi connectivity index (χ0n) is 14.4. The van der Waals surface area contributed by atoms with Crippen LogP contribution < -0.4 is 10.2 Å². The van der Waals surface area contributed by atoms with Crippen LogP contribution in [0.4, 0.5) is 11.4 Å². The Bertz CT molecular complexity index is 946. The molecule has 4 rings (SSSR count). The molecule has 1 aromatic heterocycles. The second kappa shape index (κ2) is 7.34. The first-order valence-corrected chi connectivity index (χ1v) is 9.30. The van der Waals surface area contributed by atoms with Gasteiger partial charge in [-0.3, -0.25) is 9.78 Å². The first-order chi connectivity index (χ1) is 12.7. The first-order valence-electron chi connectivity index (χ1n) is 8.92. The average Bonchev–Trinajstić information content (AvgIpc) is 2.68. The SMILES string of the molecule is O=C(Nc1cc(Cl)ccc1N1CCCCC1)c1cccc2ncccc12. The lowest BCUT2D eigenvalue weighted by Crippen LogP contribution is -2.30. The Morgan fingerprint density at radius 3 is 2.73 bits per heavy atom. The number of hydrogen-bond donors (Lipinski definition) is 1. The van der Waals surface area contributed by atoms with Gasteiger partial charge in [-0.15, -0.1) is 0 Å². The Kier molecular flexibility index (Phi) is 4.76. The molecule has 1 N–H and O–H groups in total. The standard InChI is InChI=1S/C21H20ClN3O/c22-15-9-10-20(25-12-2-1-3-13-25)19(14-15)24-21(26)17-6-4-8-18-16(17)7-5-11-23-18/h4-11,14H,1-3,12-13H2,(H,24,26). The van der Waals surface area contributed by atoms with Gasteiger partial charge in [-0.2, -0.15) is 0 Å². The Morgan fingerprint density at radius 2 is 1.88 bits per heavy atom. The summed E-state index contributed by atoms with van der Waals surface area (Å²) in [5, 5.41) is 4.52. The van der Waals surface area contributed by atoms with Crippen LogP contribution in [0.25, 0.3) is 10.9 Å². The van der Waals surface area contributed by atoms with E-state index in [9.17, 15) is 4.79 Å². The highest BCUT2D eigenvalue weighted by Gasteiger charge is 2.18. The minimum Gasteiger partial charge on any atom is -0.370 e. The van der Waals surface area contributed by atoms with Crippen molar-refractivity contribution in [2.75, 3.05) is 23.3 Å². The Labute approximate surface area is 157 Å². The third-order valence-electron chi connectivity index (χ3n) is 4.79. The van der Waals surface area contributed by atoms with Crippen LogP contribution in [0.2, 0.25) is 5.02 Å². The maximum absolute atomic E-state index is 13.0. The second-order valence-corrected chi connectivity index (χ2v) is 6.98. The van der Waals surface area contributed by atoms with E-state index in [4.69, 9.17) is 11.6 Å². The molecule has 1 amide bonds. The summed E-state index contributed by atoms with van der Waals surface area (Å²) in [7, 11) is 0. The van der Waals surface area contributed by atoms with E-state index in [1.165, 1.54) is 19.3 Å². The molecule has 0 atom stereocenters. The molecule has 0 spiro atoms. The van der Waals surface area contributed by atoms with Crippen molar-refractivity contribution in [3.05, 3.63) is 65.3 Å². The van der Waals surface area contributed by atoms with E-state index in [2.05, 4.69) is 15.2 Å². The molecule has 2 heterocycles. The summed E-state index contributed by atoms with van der Waals surface area (Å²) in [6.07, 6.45) is 5.33. The largest absolute Gasteiger partial charge is 0.370 e. The number of hydrogen-bond acceptors (Lipinski definition) is 3. The summed E-state index contributed by atoms with van der Waals surface area (Å²) in [4.78, 5) is 19.6. The average molecular weight is 366 g/mol. The van der Waals surface area contributed by atoms with Crippen LogP contribution >= 0.6 is 11.6 Å². The Balaban J connectivity index is 1.68. The summed E-state index contributed by atoms with van der Waals surface area (Å²) in [5.41, 5.74) is 3.20. The number of aromatic nitrogens is 1. The van der Waals surface area contributed by atoms with Gasteiger partial charge in [-0.05, 0) is 55.7 Å². The number of nitrogens with zero attached hydrogens (tertiary/aromatic N) is 2. The molecule has 0 unspecified atom stereocenters. The molecule has 4 nitrogen and oxygen atoms in total. The van der Waals surface area contributed by atoms with Gasteiger partial charge in [0, 0.05) is 35.3 Å². The molecule has 1 aliphatic rings. The molecule has 5 heteroatoms. The minimum atomic E-state index is -0.149. The maximum atomic E-state index is 13.0. The Hall–Kier alpha value is -2.59. The number of rotatable bonds is 3. The van der Waals surface area contributed by atoms with Crippen molar-refractivity contribution in [3.8, 4) is 0 Å². The van der Waals surface area contributed by atoms with E-state index < -0.39 is 0 Å². The number of halogens is 1. The van der Waals surface area contributed by atoms with E-state index in [-0.39, 0.29) is 5.91 Å². The van der Waals surface area contributed by atoms with Gasteiger partial charge in [0.15, 0.2) is 0 Å². The number of fused-ring (bicyclic) bond motifs is 1. The van der Waals surface area contributed by atoms with Gasteiger partial charge in [-0.25, -0.2) is 0 Å². The van der Waals surface area contributed by atoms with Crippen LogP contribution in [0.15, 0.2) is 54.7 Å². The summed E-state index contributed by atoms with van der Waals surface area (Å²) < 4.78 is 0. The molecule has 1 fully saturated rings. The summed E-state index contributed by atoms with van der Waals surface area (Å²) >= 11 is 6.20. The highest BCUT2D eigenvalue weighted by Crippen LogP contribution is 2.32. The van der Waals surface area contributed by atoms with Crippen molar-refractivity contribution < 1.29 is 4.79 Å². The molecule has 0 saturated carbocycles. The predicted molar refractivity (Wildman–Crippen MR) is 107 cm³/mol. The number of amides is 1. The normalized spacial score (nSPS) is 14.4. The molecule has 132 valence electrons. The van der Waals surface area contributed by atoms with Crippen LogP contribution in [0.5, 0.6) is 0 Å². The fraction of sp³-hybridized carbons (Fsp3) is 0.238. The van der Waals surface area contributed by atoms with Crippen molar-refractivity contribution in [1.82, 2.24) is 4.98 Å². The third kappa shape index (κ3) is 3.37. The van der Waals surface area contributed by atoms with Gasteiger partial charge in [0.1, 0.15) is 0 Å². The number of nitrogens with one attached hydrogen (secondary N) is 1. The van der Waals surface area contributed by atoms with Crippen LogP contribution in [-0.4, -0.2) is 24.0 Å². The number of pyridine rings is 1. The molecule has 2 aromatic carbocycles. The van der Waals surface area contributed by atoms with Crippen molar-refractivity contribution in [3.63, 3.8) is 0 Å². The zero-order chi connectivity index (χ0) is 17.9. The smallest absolute Gasteiger partial charge is 0.256 e. The van der Waals surface area contributed by atoms with Crippen molar-refractivity contribution in [2.45, 2.75) is 19.3 Å². The van der Waals surface area contributed by atoms with E-state index >= 15 is 0 Å². The van der Waals surface area contributed by atoms with E-state index in [0.29, 0.717) is 10.6 Å². The lowest BCUT2D eigenvalue weighted by atomic mass is 10.1. The van der Waals surface area contributed by atoms with Gasteiger partial charge >= 0.3 is 0 Å². The quantitative estimate of drug-likeness (QED) is 0.699. The molecular formula is C21H20ClN3O. The molecule has 26 heavy (non-hydrogen) atoms. The van der Waals surface area contributed by atoms with E-state index in [1.54, 1.807) is 6.20 Å². The van der Waals surface area contributed by atoms with Crippen molar-refractivity contribution >= 4 is 39.8 Å². The first kappa shape index (κ1) is 16.9. The molecule has 1 aliphatic heterocycles. The number of piperidine rings is 1. The highest BCUT2D eigenvalue weighted by atomic mass is 35.5. The summed E-state index contributed by atoms with van der Waals surface area (Å²) in [6.45, 7) is 2.01. The lowest BCUT2D eigenvalue weighted by Gasteiger charge is -2.30. The van der Waals surface area contributed by atoms with Gasteiger partial charge in [-0.1, -0.05) is 23.7 Å². The van der Waals surface area contributed by atoms with Crippen LogP contribution in [0.3, 0.4) is 0 Å². The Morgan fingerprint density at radius 1 is 1.04 bits per heavy atom. The van der Waals surface area contributed by atoms with Crippen LogP contribution in [0.1, 0.15) is 29.6 Å². The fourth-order valence-corrected chi connectivity index (χ4v) is 3.68. The fourth-order valence-electron chi connectivity index (χ4n) is 3.51. The van der Waals surface area contributed by atoms with Crippen LogP contribution in [0, 0.1) is 0 Å². The number of carbonyl (C=O) groups excluding carboxylic acids is 1. The topological polar surface area (TPSA) is 45.2 Å². The number of benzene rings is 2. The van der Waals surface area contributed by atoms with Crippen molar-refractivity contribution in [1.29, 1.82) is 0 Å². The second-order valence-electron chi connectivity index (χ2n) is 6.54. The molecule has 1 saturated heterocycles. The molecule has 0 aliphatic carbocycles. The highest BCUT2D eigenvalue weighted by molar-refractivity contribution is 6.31. The van der Waals surface area contributed by atoms with Crippen molar-refractivity contribution in [2.24, 2.45) is 0 Å². The molecule has 0 bridgehead atoms. The predicted octanol–water partition coefficient (Wildman–Crippen LogP) is 5.13. The van der Waals surface area contributed by atoms with E-state index in [0.717, 1.165) is 35.4 Å². The number of carbonyl (C=O) groups is 1. The summed E-state index contributed by atoms with van der Waals surface area (Å²) in [5.74, 6) is -0.149. The molecular weight excluding hydrogens is 346 g/mol. The van der Waals surface area contributed by atoms with Gasteiger partial charge in [0.2, 0.25) is 0 Å². The van der Waals surface area contributed by atoms with Gasteiger partial charge < -0.3 is 10.2 Å². The monoisotopic (exact) mass is 365 g/mol. The molecule has 0 radical (unpaired) electrons. The number of anilines is 2. The third-order valence-corrected chi connectivity index (χ3v) is 5.03. The summed E-state index contributed by atoms with van der Waals surface area (Å²) in [6, 6.07) is 15.0. The lowest BCUT2D eigenvalue weighted by molar-refractivity contribution is 0.102.